The molecule has 12 amide bonds. The topological polar surface area (TPSA) is 559 Å². The molecule has 10 atom stereocenters. The van der Waals surface area contributed by atoms with E-state index in [2.05, 4.69) is 62.8 Å². The number of aromatic hydroxyl groups is 1. The number of nitrogens with zero attached hydrogens (tertiary/aromatic N) is 5. The van der Waals surface area contributed by atoms with Gasteiger partial charge in [0.1, 0.15) is 66.2 Å². The first-order valence-electron chi connectivity index (χ1n) is 31.5. The van der Waals surface area contributed by atoms with Crippen LogP contribution in [0, 0.1) is 11.8 Å². The maximum absolute atomic E-state index is 14.9. The van der Waals surface area contributed by atoms with Crippen molar-refractivity contribution >= 4 is 122 Å². The molecule has 37 heteroatoms. The van der Waals surface area contributed by atoms with E-state index in [9.17, 15) is 62.6 Å². The lowest BCUT2D eigenvalue weighted by Crippen LogP contribution is -2.61. The average molecular weight is 1410 g/mol. The summed E-state index contributed by atoms with van der Waals surface area (Å²) in [5, 5.41) is 34.3. The van der Waals surface area contributed by atoms with E-state index in [1.54, 1.807) is 34.0 Å². The first-order chi connectivity index (χ1) is 45.3. The molecule has 1 aromatic rings. The monoisotopic (exact) mass is 1410 g/mol. The van der Waals surface area contributed by atoms with Gasteiger partial charge in [-0.05, 0) is 106 Å². The second-order valence-corrected chi connectivity index (χ2v) is 27.5. The second-order valence-electron chi connectivity index (χ2n) is 24.0. The van der Waals surface area contributed by atoms with Crippen LogP contribution in [0.4, 0.5) is 0 Å². The number of phenolic OH excluding ortho intramolecular Hbond substituents is 1. The number of likely N-dealkylation sites (N-methyl/N-ethyl adjacent to an activating group) is 1. The van der Waals surface area contributed by atoms with Gasteiger partial charge in [-0.1, -0.05) is 61.4 Å². The zero-order chi connectivity index (χ0) is 71.8. The number of thioether (sulfide) groups is 1. The summed E-state index contributed by atoms with van der Waals surface area (Å²) in [4.78, 5) is 184. The third kappa shape index (κ3) is 29.7. The Hall–Kier alpha value is -8.48. The Morgan fingerprint density at radius 1 is 0.656 bits per heavy atom. The van der Waals surface area contributed by atoms with Crippen LogP contribution in [0.15, 0.2) is 39.2 Å². The molecular weight excluding hydrogens is 1310 g/mol. The molecule has 34 nitrogen and oxygen atoms in total. The molecule has 2 heterocycles. The zero-order valence-electron chi connectivity index (χ0n) is 55.5. The van der Waals surface area contributed by atoms with Gasteiger partial charge in [0.15, 0.2) is 17.9 Å². The van der Waals surface area contributed by atoms with Crippen LogP contribution in [0.25, 0.3) is 0 Å². The van der Waals surface area contributed by atoms with Crippen LogP contribution in [-0.4, -0.2) is 227 Å². The molecule has 0 spiro atoms. The van der Waals surface area contributed by atoms with Gasteiger partial charge in [-0.2, -0.15) is 11.8 Å². The van der Waals surface area contributed by atoms with Gasteiger partial charge in [0.25, 0.3) is 0 Å². The lowest BCUT2D eigenvalue weighted by molar-refractivity contribution is -0.142. The lowest BCUT2D eigenvalue weighted by Gasteiger charge is -2.31. The van der Waals surface area contributed by atoms with Crippen molar-refractivity contribution in [1.29, 1.82) is 0 Å². The molecule has 1 aromatic carbocycles. The molecule has 536 valence electrons. The van der Waals surface area contributed by atoms with Gasteiger partial charge >= 0.3 is 0 Å². The van der Waals surface area contributed by atoms with Crippen molar-refractivity contribution in [3.8, 4) is 5.75 Å². The number of nitrogens with one attached hydrogen (secondary N) is 9. The molecular formula is C59H99N21O13S3. The van der Waals surface area contributed by atoms with Gasteiger partial charge in [0.05, 0.1) is 6.54 Å². The first kappa shape index (κ1) is 81.8. The van der Waals surface area contributed by atoms with Gasteiger partial charge in [-0.25, -0.2) is 0 Å². The van der Waals surface area contributed by atoms with Crippen molar-refractivity contribution in [3.63, 3.8) is 0 Å². The third-order valence-corrected chi connectivity index (χ3v) is 18.1. The number of carbonyl (C=O) groups excluding carboxylic acids is 12. The van der Waals surface area contributed by atoms with Crippen molar-refractivity contribution in [3.05, 3.63) is 29.8 Å². The number of amides is 12. The number of nitrogens with two attached hydrogens (primary N) is 7. The van der Waals surface area contributed by atoms with Crippen LogP contribution in [0.2, 0.25) is 0 Å². The van der Waals surface area contributed by atoms with Gasteiger partial charge < -0.3 is 103 Å². The number of phenols is 1. The van der Waals surface area contributed by atoms with E-state index in [1.165, 1.54) is 54.9 Å². The number of benzene rings is 1. The maximum Gasteiger partial charge on any atom is 0.245 e. The van der Waals surface area contributed by atoms with E-state index in [1.807, 2.05) is 0 Å². The van der Waals surface area contributed by atoms with Crippen molar-refractivity contribution in [1.82, 2.24) is 57.7 Å². The average Bonchev–Trinajstić information content (AvgIpc) is 1.69. The number of guanidine groups is 3. The number of hydrogen-bond donors (Lipinski definition) is 17. The van der Waals surface area contributed by atoms with Crippen LogP contribution in [-0.2, 0) is 64.0 Å². The summed E-state index contributed by atoms with van der Waals surface area (Å²) in [7, 11) is 3.27. The van der Waals surface area contributed by atoms with E-state index in [0.717, 1.165) is 26.5 Å². The van der Waals surface area contributed by atoms with Gasteiger partial charge in [-0.3, -0.25) is 72.5 Å². The fourth-order valence-corrected chi connectivity index (χ4v) is 13.0. The normalized spacial score (nSPS) is 23.2. The second kappa shape index (κ2) is 42.2. The summed E-state index contributed by atoms with van der Waals surface area (Å²) < 4.78 is 0. The summed E-state index contributed by atoms with van der Waals surface area (Å²) in [6.07, 6.45) is 2.37. The molecule has 96 heavy (non-hydrogen) atoms. The van der Waals surface area contributed by atoms with E-state index >= 15 is 0 Å². The SMILES string of the molecule is CSCCC1NC(=O)C(NC(=O)C(CCCN=C(N)N)NC(C)=O)CSSCC(C(N)=O)NC(=O)C2CCCN2C(=O)C(CCCN=C(N)N)NC(=O)C(Cc2ccc(O)cc2)NC(=O)C(C(C)C)NC(=O)C(CCCN=C(N)N)NC(=O)CN(C)C(=O)C(CC(C)C)NC1=O. The van der Waals surface area contributed by atoms with Crippen LogP contribution in [0.5, 0.6) is 5.75 Å². The fourth-order valence-electron chi connectivity index (χ4n) is 10.1. The standard InChI is InChI=1S/C59H99N21O13S3/c1-31(2)26-41-55(92)79(6)28-45(83)71-37(13-9-22-68-58(63)64)50(87)78-46(32(3)4)54(91)74-40(27-34-16-18-35(82)19-17-34)51(88)73-39(14-10-23-69-59(65)66)56(93)80-24-11-15-44(80)53(90)76-42(47(60)84)29-95-96-30-43(52(89)72-38(20-25-94-7)49(86)75-41)77-48(85)36(70-33(5)81)12-8-21-67-57(61)62/h16-19,31-32,36-44,46,82H,8-15,20-30H2,1-7H3,(H2,60,84)(H,70,81)(H,71,83)(H,72,89)(H,73,88)(H,74,91)(H,75,86)(H,76,90)(H,77,85)(H,78,87)(H4,61,62,67)(H4,63,64,68)(H4,65,66,69). The van der Waals surface area contributed by atoms with Gasteiger partial charge in [-0.15, -0.1) is 0 Å². The highest BCUT2D eigenvalue weighted by Gasteiger charge is 2.41. The Morgan fingerprint density at radius 2 is 1.20 bits per heavy atom. The summed E-state index contributed by atoms with van der Waals surface area (Å²) in [6, 6.07) is -7.72. The summed E-state index contributed by atoms with van der Waals surface area (Å²) in [5.41, 5.74) is 39.6. The molecule has 0 aromatic heterocycles. The van der Waals surface area contributed by atoms with Crippen LogP contribution in [0.3, 0.4) is 0 Å². The quantitative estimate of drug-likeness (QED) is 0.0200. The molecule has 0 aliphatic carbocycles. The molecule has 2 aliphatic rings. The number of rotatable bonds is 24. The Labute approximate surface area is 571 Å². The molecule has 0 radical (unpaired) electrons. The fraction of sp³-hybridized carbons (Fsp3) is 0.644. The minimum absolute atomic E-state index is 0.0156. The van der Waals surface area contributed by atoms with Crippen LogP contribution >= 0.6 is 33.3 Å². The summed E-state index contributed by atoms with van der Waals surface area (Å²) in [5.74, 6) is -11.4. The lowest BCUT2D eigenvalue weighted by atomic mass is 9.99. The summed E-state index contributed by atoms with van der Waals surface area (Å²) in [6.45, 7) is 7.54. The smallest absolute Gasteiger partial charge is 0.245 e. The molecule has 2 saturated heterocycles. The minimum atomic E-state index is -1.48. The summed E-state index contributed by atoms with van der Waals surface area (Å²) >= 11 is 1.35. The molecule has 24 N–H and O–H groups in total. The van der Waals surface area contributed by atoms with Gasteiger partial charge in [0.2, 0.25) is 70.9 Å². The molecule has 0 bridgehead atoms. The maximum atomic E-state index is 14.9. The first-order valence-corrected chi connectivity index (χ1v) is 35.4. The van der Waals surface area contributed by atoms with Crippen LogP contribution < -0.4 is 88.0 Å². The molecule has 10 unspecified atom stereocenters. The number of aliphatic imine (C=N–C) groups is 3. The van der Waals surface area contributed by atoms with E-state index in [0.29, 0.717) is 17.7 Å². The Kier molecular flexibility index (Phi) is 35.9. The van der Waals surface area contributed by atoms with E-state index < -0.39 is 144 Å². The van der Waals surface area contributed by atoms with Crippen molar-refractivity contribution in [2.75, 3.05) is 63.3 Å². The third-order valence-electron chi connectivity index (χ3n) is 15.1. The number of carbonyl (C=O) groups is 12. The highest BCUT2D eigenvalue weighted by Crippen LogP contribution is 2.25. The van der Waals surface area contributed by atoms with Gasteiger partial charge in [0, 0.05) is 58.1 Å². The highest BCUT2D eigenvalue weighted by molar-refractivity contribution is 8.76. The molecule has 3 rings (SSSR count). The zero-order valence-corrected chi connectivity index (χ0v) is 58.0. The Balaban J connectivity index is 2.25. The Morgan fingerprint density at radius 3 is 1.77 bits per heavy atom. The minimum Gasteiger partial charge on any atom is -0.508 e. The van der Waals surface area contributed by atoms with Crippen molar-refractivity contribution < 1.29 is 62.6 Å². The highest BCUT2D eigenvalue weighted by atomic mass is 33.1. The van der Waals surface area contributed by atoms with Crippen LogP contribution in [0.1, 0.15) is 104 Å². The molecule has 2 fully saturated rings. The molecule has 0 saturated carbocycles. The van der Waals surface area contributed by atoms with E-state index in [4.69, 9.17) is 40.1 Å². The number of hydrogen-bond acceptors (Lipinski definition) is 19. The predicted molar refractivity (Wildman–Crippen MR) is 368 cm³/mol. The van der Waals surface area contributed by atoms with E-state index in [-0.39, 0.29) is 131 Å². The van der Waals surface area contributed by atoms with Crippen molar-refractivity contribution in [2.45, 2.75) is 166 Å². The number of fused-ring (bicyclic) bond motifs is 1. The largest absolute Gasteiger partial charge is 0.508 e. The number of primary amides is 1. The van der Waals surface area contributed by atoms with Crippen molar-refractivity contribution in [2.24, 2.45) is 66.9 Å². The molecule has 2 aliphatic heterocycles. The Bertz CT molecular complexity index is 2910. The predicted octanol–water partition coefficient (Wildman–Crippen LogP) is -4.74.